The Bertz CT molecular complexity index is 300. The van der Waals surface area contributed by atoms with E-state index in [1.54, 1.807) is 0 Å². The van der Waals surface area contributed by atoms with Crippen LogP contribution >= 0.6 is 0 Å². The molecule has 14 heavy (non-hydrogen) atoms. The van der Waals surface area contributed by atoms with Crippen molar-refractivity contribution in [1.29, 1.82) is 0 Å². The largest absolute Gasteiger partial charge is 0.399 e. The van der Waals surface area contributed by atoms with Crippen LogP contribution in [0.2, 0.25) is 0 Å². The third-order valence-corrected chi connectivity index (χ3v) is 2.46. The standard InChI is InChI=1S/C13H21N/c1-9(2)7-12-8-11(10(3)4)5-6-13(12)14/h5-6,8-10H,7,14H2,1-4H3. The zero-order valence-corrected chi connectivity index (χ0v) is 9.67. The van der Waals surface area contributed by atoms with Gasteiger partial charge in [-0.25, -0.2) is 0 Å². The molecule has 0 aliphatic heterocycles. The normalized spacial score (nSPS) is 11.3. The van der Waals surface area contributed by atoms with Crippen molar-refractivity contribution in [3.63, 3.8) is 0 Å². The highest BCUT2D eigenvalue weighted by atomic mass is 14.6. The second-order valence-corrected chi connectivity index (χ2v) is 4.71. The van der Waals surface area contributed by atoms with Crippen molar-refractivity contribution >= 4 is 5.69 Å². The molecule has 1 aromatic rings. The molecule has 0 heterocycles. The molecule has 0 aromatic heterocycles. The summed E-state index contributed by atoms with van der Waals surface area (Å²) >= 11 is 0. The Hall–Kier alpha value is -0.980. The van der Waals surface area contributed by atoms with Gasteiger partial charge in [0.1, 0.15) is 0 Å². The highest BCUT2D eigenvalue weighted by Crippen LogP contribution is 2.22. The van der Waals surface area contributed by atoms with E-state index in [9.17, 15) is 0 Å². The molecule has 0 saturated heterocycles. The zero-order valence-electron chi connectivity index (χ0n) is 9.67. The number of hydrogen-bond acceptors (Lipinski definition) is 1. The number of benzene rings is 1. The van der Waals surface area contributed by atoms with Crippen molar-refractivity contribution in [1.82, 2.24) is 0 Å². The molecule has 0 unspecified atom stereocenters. The minimum atomic E-state index is 0.585. The SMILES string of the molecule is CC(C)Cc1cc(C(C)C)ccc1N. The summed E-state index contributed by atoms with van der Waals surface area (Å²) in [6, 6.07) is 6.41. The maximum Gasteiger partial charge on any atom is 0.0346 e. The lowest BCUT2D eigenvalue weighted by Gasteiger charge is -2.12. The number of nitrogen functional groups attached to an aromatic ring is 1. The number of nitrogens with two attached hydrogens (primary N) is 1. The van der Waals surface area contributed by atoms with Crippen LogP contribution in [0.15, 0.2) is 18.2 Å². The third-order valence-electron chi connectivity index (χ3n) is 2.46. The molecule has 0 aliphatic rings. The van der Waals surface area contributed by atoms with Crippen LogP contribution < -0.4 is 5.73 Å². The van der Waals surface area contributed by atoms with Gasteiger partial charge in [0.2, 0.25) is 0 Å². The van der Waals surface area contributed by atoms with E-state index in [0.717, 1.165) is 12.1 Å². The van der Waals surface area contributed by atoms with E-state index >= 15 is 0 Å². The van der Waals surface area contributed by atoms with Gasteiger partial charge >= 0.3 is 0 Å². The molecule has 0 bridgehead atoms. The highest BCUT2D eigenvalue weighted by Gasteiger charge is 2.05. The molecule has 78 valence electrons. The van der Waals surface area contributed by atoms with Gasteiger partial charge in [0.05, 0.1) is 0 Å². The first-order chi connectivity index (χ1) is 6.50. The summed E-state index contributed by atoms with van der Waals surface area (Å²) in [7, 11) is 0. The van der Waals surface area contributed by atoms with Crippen LogP contribution in [0.4, 0.5) is 5.69 Å². The van der Waals surface area contributed by atoms with Crippen molar-refractivity contribution in [2.75, 3.05) is 5.73 Å². The van der Waals surface area contributed by atoms with Gasteiger partial charge in [-0.3, -0.25) is 0 Å². The highest BCUT2D eigenvalue weighted by molar-refractivity contribution is 5.49. The summed E-state index contributed by atoms with van der Waals surface area (Å²) in [5.74, 6) is 1.25. The Kier molecular flexibility index (Phi) is 3.56. The van der Waals surface area contributed by atoms with Gasteiger partial charge in [0, 0.05) is 5.69 Å². The second-order valence-electron chi connectivity index (χ2n) is 4.71. The summed E-state index contributed by atoms with van der Waals surface area (Å²) < 4.78 is 0. The van der Waals surface area contributed by atoms with Gasteiger partial charge in [-0.05, 0) is 35.4 Å². The monoisotopic (exact) mass is 191 g/mol. The minimum Gasteiger partial charge on any atom is -0.399 e. The lowest BCUT2D eigenvalue weighted by molar-refractivity contribution is 0.647. The van der Waals surface area contributed by atoms with Crippen LogP contribution in [0.25, 0.3) is 0 Å². The van der Waals surface area contributed by atoms with Crippen molar-refractivity contribution < 1.29 is 0 Å². The van der Waals surface area contributed by atoms with Crippen LogP contribution in [0.5, 0.6) is 0 Å². The number of rotatable bonds is 3. The predicted molar refractivity (Wildman–Crippen MR) is 63.5 cm³/mol. The lowest BCUT2D eigenvalue weighted by Crippen LogP contribution is -2.01. The van der Waals surface area contributed by atoms with Crippen molar-refractivity contribution in [2.24, 2.45) is 5.92 Å². The number of anilines is 1. The quantitative estimate of drug-likeness (QED) is 0.726. The van der Waals surface area contributed by atoms with E-state index in [1.165, 1.54) is 11.1 Å². The summed E-state index contributed by atoms with van der Waals surface area (Å²) in [6.45, 7) is 8.87. The maximum absolute atomic E-state index is 5.94. The van der Waals surface area contributed by atoms with Gasteiger partial charge < -0.3 is 5.73 Å². The zero-order chi connectivity index (χ0) is 10.7. The molecule has 1 heteroatoms. The molecule has 2 N–H and O–H groups in total. The van der Waals surface area contributed by atoms with E-state index in [2.05, 4.69) is 39.8 Å². The Morgan fingerprint density at radius 3 is 2.29 bits per heavy atom. The summed E-state index contributed by atoms with van der Waals surface area (Å²) in [6.07, 6.45) is 1.08. The molecule has 1 rings (SSSR count). The smallest absolute Gasteiger partial charge is 0.0346 e. The van der Waals surface area contributed by atoms with E-state index in [1.807, 2.05) is 6.07 Å². The first-order valence-corrected chi connectivity index (χ1v) is 5.39. The van der Waals surface area contributed by atoms with Crippen LogP contribution in [-0.4, -0.2) is 0 Å². The second kappa shape index (κ2) is 4.50. The average molecular weight is 191 g/mol. The Balaban J connectivity index is 2.96. The molecule has 1 aromatic carbocycles. The van der Waals surface area contributed by atoms with Gasteiger partial charge in [-0.2, -0.15) is 0 Å². The summed E-state index contributed by atoms with van der Waals surface area (Å²) in [4.78, 5) is 0. The first-order valence-electron chi connectivity index (χ1n) is 5.39. The van der Waals surface area contributed by atoms with Crippen LogP contribution in [0.1, 0.15) is 44.7 Å². The lowest BCUT2D eigenvalue weighted by atomic mass is 9.95. The minimum absolute atomic E-state index is 0.585. The molecule has 0 radical (unpaired) electrons. The van der Waals surface area contributed by atoms with Crippen molar-refractivity contribution in [3.8, 4) is 0 Å². The molecule has 0 atom stereocenters. The van der Waals surface area contributed by atoms with E-state index in [0.29, 0.717) is 11.8 Å². The summed E-state index contributed by atoms with van der Waals surface area (Å²) in [5.41, 5.74) is 9.55. The maximum atomic E-state index is 5.94. The van der Waals surface area contributed by atoms with Crippen LogP contribution in [0, 0.1) is 5.92 Å². The fourth-order valence-electron chi connectivity index (χ4n) is 1.60. The molecule has 1 nitrogen and oxygen atoms in total. The topological polar surface area (TPSA) is 26.0 Å². The predicted octanol–water partition coefficient (Wildman–Crippen LogP) is 3.59. The first kappa shape index (κ1) is 11.1. The molecule has 0 amide bonds. The molecular formula is C13H21N. The van der Waals surface area contributed by atoms with Crippen molar-refractivity contribution in [2.45, 2.75) is 40.0 Å². The fraction of sp³-hybridized carbons (Fsp3) is 0.538. The molecular weight excluding hydrogens is 170 g/mol. The average Bonchev–Trinajstić information content (AvgIpc) is 2.07. The third kappa shape index (κ3) is 2.76. The van der Waals surface area contributed by atoms with Crippen LogP contribution in [0.3, 0.4) is 0 Å². The van der Waals surface area contributed by atoms with Gasteiger partial charge in [-0.1, -0.05) is 39.8 Å². The van der Waals surface area contributed by atoms with Gasteiger partial charge in [-0.15, -0.1) is 0 Å². The Morgan fingerprint density at radius 2 is 1.79 bits per heavy atom. The molecule has 0 aliphatic carbocycles. The van der Waals surface area contributed by atoms with Gasteiger partial charge in [0.15, 0.2) is 0 Å². The number of hydrogen-bond donors (Lipinski definition) is 1. The van der Waals surface area contributed by atoms with E-state index in [4.69, 9.17) is 5.73 Å². The summed E-state index contributed by atoms with van der Waals surface area (Å²) in [5, 5.41) is 0. The van der Waals surface area contributed by atoms with E-state index in [-0.39, 0.29) is 0 Å². The van der Waals surface area contributed by atoms with E-state index < -0.39 is 0 Å². The Labute approximate surface area is 87.3 Å². The van der Waals surface area contributed by atoms with Crippen molar-refractivity contribution in [3.05, 3.63) is 29.3 Å². The fourth-order valence-corrected chi connectivity index (χ4v) is 1.60. The van der Waals surface area contributed by atoms with Crippen LogP contribution in [-0.2, 0) is 6.42 Å². The van der Waals surface area contributed by atoms with Gasteiger partial charge in [0.25, 0.3) is 0 Å². The Morgan fingerprint density at radius 1 is 1.14 bits per heavy atom. The molecule has 0 saturated carbocycles. The molecule has 0 spiro atoms. The molecule has 0 fully saturated rings.